The lowest BCUT2D eigenvalue weighted by atomic mass is 9.84. The van der Waals surface area contributed by atoms with Crippen molar-refractivity contribution in [3.05, 3.63) is 0 Å². The first-order valence-electron chi connectivity index (χ1n) is 7.49. The minimum atomic E-state index is 0.573. The van der Waals surface area contributed by atoms with Crippen molar-refractivity contribution in [3.8, 4) is 0 Å². The summed E-state index contributed by atoms with van der Waals surface area (Å²) in [6.07, 6.45) is 8.52. The van der Waals surface area contributed by atoms with E-state index < -0.39 is 0 Å². The molecule has 0 aromatic rings. The van der Waals surface area contributed by atoms with Gasteiger partial charge in [0.15, 0.2) is 0 Å². The summed E-state index contributed by atoms with van der Waals surface area (Å²) in [5.41, 5.74) is 0. The van der Waals surface area contributed by atoms with Crippen LogP contribution in [0.2, 0.25) is 0 Å². The third-order valence-corrected chi connectivity index (χ3v) is 4.79. The largest absolute Gasteiger partial charge is 0.378 e. The quantitative estimate of drug-likeness (QED) is 0.737. The van der Waals surface area contributed by atoms with Gasteiger partial charge in [-0.05, 0) is 64.1 Å². The molecule has 4 heterocycles. The molecule has 3 heteroatoms. The summed E-state index contributed by atoms with van der Waals surface area (Å²) >= 11 is 0. The van der Waals surface area contributed by atoms with Gasteiger partial charge in [-0.3, -0.25) is 0 Å². The molecular formula is C14H26N2O. The van der Waals surface area contributed by atoms with Crippen molar-refractivity contribution in [1.29, 1.82) is 0 Å². The number of piperidine rings is 3. The van der Waals surface area contributed by atoms with Gasteiger partial charge in [-0.2, -0.15) is 0 Å². The number of hydrogen-bond donors (Lipinski definition) is 1. The second-order valence-electron chi connectivity index (χ2n) is 5.98. The number of rotatable bonds is 5. The first kappa shape index (κ1) is 11.9. The van der Waals surface area contributed by atoms with Gasteiger partial charge >= 0.3 is 0 Å². The summed E-state index contributed by atoms with van der Waals surface area (Å²) in [4.78, 5) is 2.62. The van der Waals surface area contributed by atoms with Gasteiger partial charge in [0.2, 0.25) is 0 Å². The zero-order chi connectivity index (χ0) is 11.5. The number of ether oxygens (including phenoxy) is 1. The van der Waals surface area contributed by atoms with E-state index in [2.05, 4.69) is 10.2 Å². The topological polar surface area (TPSA) is 24.5 Å². The second kappa shape index (κ2) is 5.68. The van der Waals surface area contributed by atoms with Crippen molar-refractivity contribution in [2.75, 3.05) is 32.8 Å². The molecule has 0 radical (unpaired) electrons. The van der Waals surface area contributed by atoms with Crippen LogP contribution < -0.4 is 5.32 Å². The van der Waals surface area contributed by atoms with Crippen LogP contribution in [0.5, 0.6) is 0 Å². The van der Waals surface area contributed by atoms with Gasteiger partial charge in [0.05, 0.1) is 6.10 Å². The second-order valence-corrected chi connectivity index (χ2v) is 5.98. The molecule has 0 spiro atoms. The standard InChI is InChI=1S/C14H26N2O/c1(3-13-4-2-10-17-13)7-15-14-11-16-8-5-12(14)6-9-16/h12-15H,1-11H2. The SMILES string of the molecule is C(CNC1CN2CCC1CC2)CC1CCCO1. The van der Waals surface area contributed by atoms with E-state index in [4.69, 9.17) is 4.74 Å². The van der Waals surface area contributed by atoms with Crippen LogP contribution in [0.25, 0.3) is 0 Å². The van der Waals surface area contributed by atoms with Crippen LogP contribution in [0.4, 0.5) is 0 Å². The Morgan fingerprint density at radius 1 is 1.18 bits per heavy atom. The molecule has 4 fully saturated rings. The molecule has 17 heavy (non-hydrogen) atoms. The molecule has 1 N–H and O–H groups in total. The molecule has 0 aliphatic carbocycles. The van der Waals surface area contributed by atoms with Crippen LogP contribution in [-0.4, -0.2) is 49.8 Å². The predicted octanol–water partition coefficient (Wildman–Crippen LogP) is 1.63. The Bertz CT molecular complexity index is 232. The van der Waals surface area contributed by atoms with Crippen LogP contribution in [0, 0.1) is 5.92 Å². The van der Waals surface area contributed by atoms with Gasteiger partial charge < -0.3 is 15.0 Å². The number of nitrogens with one attached hydrogen (secondary N) is 1. The van der Waals surface area contributed by atoms with Crippen LogP contribution in [0.3, 0.4) is 0 Å². The molecule has 0 amide bonds. The fraction of sp³-hybridized carbons (Fsp3) is 1.00. The summed E-state index contributed by atoms with van der Waals surface area (Å²) in [7, 11) is 0. The van der Waals surface area contributed by atoms with Gasteiger partial charge in [-0.1, -0.05) is 0 Å². The molecule has 4 saturated heterocycles. The first-order valence-corrected chi connectivity index (χ1v) is 7.49. The third-order valence-electron chi connectivity index (χ3n) is 4.79. The van der Waals surface area contributed by atoms with Gasteiger partial charge in [0.25, 0.3) is 0 Å². The van der Waals surface area contributed by atoms with E-state index in [0.29, 0.717) is 6.10 Å². The zero-order valence-corrected chi connectivity index (χ0v) is 10.9. The Morgan fingerprint density at radius 2 is 2.06 bits per heavy atom. The Morgan fingerprint density at radius 3 is 2.71 bits per heavy atom. The molecule has 2 atom stereocenters. The lowest BCUT2D eigenvalue weighted by molar-refractivity contribution is 0.0706. The van der Waals surface area contributed by atoms with Gasteiger partial charge in [0.1, 0.15) is 0 Å². The first-order chi connectivity index (χ1) is 8.42. The number of hydrogen-bond acceptors (Lipinski definition) is 3. The fourth-order valence-electron chi connectivity index (χ4n) is 3.69. The maximum Gasteiger partial charge on any atom is 0.0576 e. The molecule has 0 aromatic heterocycles. The highest BCUT2D eigenvalue weighted by Gasteiger charge is 2.33. The van der Waals surface area contributed by atoms with Crippen molar-refractivity contribution < 1.29 is 4.74 Å². The summed E-state index contributed by atoms with van der Waals surface area (Å²) in [6.45, 7) is 6.18. The third kappa shape index (κ3) is 3.01. The van der Waals surface area contributed by atoms with Crippen molar-refractivity contribution in [1.82, 2.24) is 10.2 Å². The van der Waals surface area contributed by atoms with Gasteiger partial charge in [0, 0.05) is 19.2 Å². The maximum absolute atomic E-state index is 5.66. The van der Waals surface area contributed by atoms with Crippen molar-refractivity contribution in [3.63, 3.8) is 0 Å². The van der Waals surface area contributed by atoms with Crippen molar-refractivity contribution in [2.45, 2.75) is 50.7 Å². The highest BCUT2D eigenvalue weighted by Crippen LogP contribution is 2.27. The molecule has 2 bridgehead atoms. The molecule has 0 aromatic carbocycles. The van der Waals surface area contributed by atoms with Gasteiger partial charge in [-0.25, -0.2) is 0 Å². The molecule has 98 valence electrons. The summed E-state index contributed by atoms with van der Waals surface area (Å²) in [5.74, 6) is 0.961. The van der Waals surface area contributed by atoms with E-state index in [1.54, 1.807) is 0 Å². The Balaban J connectivity index is 1.31. The van der Waals surface area contributed by atoms with Crippen LogP contribution in [-0.2, 0) is 4.74 Å². The average molecular weight is 238 g/mol. The van der Waals surface area contributed by atoms with Gasteiger partial charge in [-0.15, -0.1) is 0 Å². The van der Waals surface area contributed by atoms with E-state index in [-0.39, 0.29) is 0 Å². The predicted molar refractivity (Wildman–Crippen MR) is 69.2 cm³/mol. The average Bonchev–Trinajstić information content (AvgIpc) is 2.89. The molecule has 0 saturated carbocycles. The summed E-state index contributed by atoms with van der Waals surface area (Å²) < 4.78 is 5.66. The van der Waals surface area contributed by atoms with E-state index in [1.807, 2.05) is 0 Å². The van der Waals surface area contributed by atoms with Crippen LogP contribution in [0.15, 0.2) is 0 Å². The molecular weight excluding hydrogens is 212 g/mol. The normalized spacial score (nSPS) is 40.9. The lowest BCUT2D eigenvalue weighted by Gasteiger charge is -2.45. The Labute approximate surface area is 105 Å². The smallest absolute Gasteiger partial charge is 0.0576 e. The van der Waals surface area contributed by atoms with Crippen molar-refractivity contribution >= 4 is 0 Å². The maximum atomic E-state index is 5.66. The van der Waals surface area contributed by atoms with Crippen molar-refractivity contribution in [2.24, 2.45) is 5.92 Å². The fourth-order valence-corrected chi connectivity index (χ4v) is 3.69. The molecule has 3 nitrogen and oxygen atoms in total. The highest BCUT2D eigenvalue weighted by molar-refractivity contribution is 4.90. The number of fused-ring (bicyclic) bond motifs is 3. The zero-order valence-electron chi connectivity index (χ0n) is 10.9. The minimum absolute atomic E-state index is 0.573. The van der Waals surface area contributed by atoms with Crippen LogP contribution in [0.1, 0.15) is 38.5 Å². The summed E-state index contributed by atoms with van der Waals surface area (Å²) in [6, 6.07) is 0.780. The molecule has 4 rings (SSSR count). The Hall–Kier alpha value is -0.120. The van der Waals surface area contributed by atoms with Crippen LogP contribution >= 0.6 is 0 Å². The van der Waals surface area contributed by atoms with E-state index in [1.165, 1.54) is 64.7 Å². The lowest BCUT2D eigenvalue weighted by Crippen LogP contribution is -2.56. The summed E-state index contributed by atoms with van der Waals surface area (Å²) in [5, 5.41) is 3.78. The molecule has 4 aliphatic rings. The Kier molecular flexibility index (Phi) is 3.99. The minimum Gasteiger partial charge on any atom is -0.378 e. The monoisotopic (exact) mass is 238 g/mol. The molecule has 4 aliphatic heterocycles. The number of nitrogens with zero attached hydrogens (tertiary/aromatic N) is 1. The van der Waals surface area contributed by atoms with E-state index in [0.717, 1.165) is 18.6 Å². The van der Waals surface area contributed by atoms with E-state index in [9.17, 15) is 0 Å². The molecule has 2 unspecified atom stereocenters. The van der Waals surface area contributed by atoms with E-state index >= 15 is 0 Å². The highest BCUT2D eigenvalue weighted by atomic mass is 16.5.